The van der Waals surface area contributed by atoms with E-state index in [1.54, 1.807) is 18.2 Å². The van der Waals surface area contributed by atoms with Crippen molar-refractivity contribution in [2.45, 2.75) is 18.9 Å². The van der Waals surface area contributed by atoms with E-state index in [1.165, 1.54) is 19.2 Å². The summed E-state index contributed by atoms with van der Waals surface area (Å²) in [5.74, 6) is -0.185. The van der Waals surface area contributed by atoms with Crippen molar-refractivity contribution in [3.63, 3.8) is 0 Å². The fourth-order valence-electron chi connectivity index (χ4n) is 2.78. The maximum atomic E-state index is 11.0. The van der Waals surface area contributed by atoms with Gasteiger partial charge in [-0.3, -0.25) is 0 Å². The van der Waals surface area contributed by atoms with Crippen LogP contribution in [0, 0.1) is 0 Å². The predicted molar refractivity (Wildman–Crippen MR) is 80.6 cm³/mol. The van der Waals surface area contributed by atoms with E-state index in [-0.39, 0.29) is 5.56 Å². The van der Waals surface area contributed by atoms with Gasteiger partial charge in [0.25, 0.3) is 0 Å². The summed E-state index contributed by atoms with van der Waals surface area (Å²) in [6, 6.07) is 5.44. The smallest absolute Gasteiger partial charge is 0.335 e. The number of carbonyl (C=O) groups is 1. The number of fused-ring (bicyclic) bond motifs is 1. The number of nitrogens with one attached hydrogen (secondary N) is 1. The van der Waals surface area contributed by atoms with Gasteiger partial charge in [-0.05, 0) is 44.6 Å². The first-order valence-electron chi connectivity index (χ1n) is 7.07. The van der Waals surface area contributed by atoms with Gasteiger partial charge in [-0.15, -0.1) is 0 Å². The van der Waals surface area contributed by atoms with E-state index in [2.05, 4.69) is 27.2 Å². The van der Waals surface area contributed by atoms with E-state index >= 15 is 0 Å². The van der Waals surface area contributed by atoms with Crippen molar-refractivity contribution < 1.29 is 9.90 Å². The monoisotopic (exact) mass is 286 g/mol. The second-order valence-corrected chi connectivity index (χ2v) is 5.42. The highest BCUT2D eigenvalue weighted by molar-refractivity contribution is 5.96. The Balaban J connectivity index is 1.83. The Kier molecular flexibility index (Phi) is 3.70. The number of likely N-dealkylation sites (N-methyl/N-ethyl adjacent to an activating group) is 1. The summed E-state index contributed by atoms with van der Waals surface area (Å²) in [6.45, 7) is 1.97. The van der Waals surface area contributed by atoms with Crippen LogP contribution >= 0.6 is 0 Å². The average Bonchev–Trinajstić information content (AvgIpc) is 2.89. The van der Waals surface area contributed by atoms with Crippen LogP contribution in [0.5, 0.6) is 0 Å². The Morgan fingerprint density at radius 3 is 3.05 bits per heavy atom. The number of likely N-dealkylation sites (tertiary alicyclic amines) is 1. The standard InChI is InChI=1S/C15H18N4O2/c1-19-6-2-3-11(19)8-16-14-12-5-4-10(15(20)21)7-13(12)17-9-18-14/h4-5,7,9,11H,2-3,6,8H2,1H3,(H,20,21)(H,16,17,18). The molecule has 0 bridgehead atoms. The van der Waals surface area contributed by atoms with Gasteiger partial charge in [0, 0.05) is 18.0 Å². The van der Waals surface area contributed by atoms with Crippen molar-refractivity contribution in [3.05, 3.63) is 30.1 Å². The summed E-state index contributed by atoms with van der Waals surface area (Å²) >= 11 is 0. The van der Waals surface area contributed by atoms with Crippen molar-refractivity contribution in [1.29, 1.82) is 0 Å². The third-order valence-electron chi connectivity index (χ3n) is 4.06. The normalized spacial score (nSPS) is 19.0. The van der Waals surface area contributed by atoms with Gasteiger partial charge in [-0.1, -0.05) is 0 Å². The first-order chi connectivity index (χ1) is 10.1. The van der Waals surface area contributed by atoms with Crippen molar-refractivity contribution >= 4 is 22.7 Å². The number of carboxylic acid groups (broad SMARTS) is 1. The highest BCUT2D eigenvalue weighted by atomic mass is 16.4. The molecule has 0 saturated carbocycles. The molecule has 0 radical (unpaired) electrons. The third kappa shape index (κ3) is 2.80. The zero-order valence-electron chi connectivity index (χ0n) is 11.9. The number of hydrogen-bond donors (Lipinski definition) is 2. The highest BCUT2D eigenvalue weighted by Gasteiger charge is 2.20. The summed E-state index contributed by atoms with van der Waals surface area (Å²) in [6.07, 6.45) is 3.89. The molecule has 1 aromatic carbocycles. The molecule has 0 amide bonds. The summed E-state index contributed by atoms with van der Waals surface area (Å²) in [5, 5.41) is 13.2. The molecule has 3 rings (SSSR count). The zero-order valence-corrected chi connectivity index (χ0v) is 11.9. The summed E-state index contributed by atoms with van der Waals surface area (Å²) < 4.78 is 0. The van der Waals surface area contributed by atoms with Gasteiger partial charge < -0.3 is 15.3 Å². The molecule has 1 saturated heterocycles. The van der Waals surface area contributed by atoms with E-state index in [9.17, 15) is 4.79 Å². The van der Waals surface area contributed by atoms with Crippen LogP contribution in [0.1, 0.15) is 23.2 Å². The Hall–Kier alpha value is -2.21. The Labute approximate surface area is 122 Å². The maximum Gasteiger partial charge on any atom is 0.335 e. The lowest BCUT2D eigenvalue weighted by atomic mass is 10.1. The maximum absolute atomic E-state index is 11.0. The fourth-order valence-corrected chi connectivity index (χ4v) is 2.78. The number of anilines is 1. The molecule has 1 unspecified atom stereocenters. The van der Waals surface area contributed by atoms with Gasteiger partial charge in [0.1, 0.15) is 12.1 Å². The minimum Gasteiger partial charge on any atom is -0.478 e. The number of carboxylic acids is 1. The van der Waals surface area contributed by atoms with Crippen molar-refractivity contribution in [2.24, 2.45) is 0 Å². The summed E-state index contributed by atoms with van der Waals surface area (Å²) in [5.41, 5.74) is 0.884. The lowest BCUT2D eigenvalue weighted by Crippen LogP contribution is -2.31. The van der Waals surface area contributed by atoms with Crippen molar-refractivity contribution in [3.8, 4) is 0 Å². The van der Waals surface area contributed by atoms with Gasteiger partial charge in [-0.2, -0.15) is 0 Å². The van der Waals surface area contributed by atoms with Crippen molar-refractivity contribution in [1.82, 2.24) is 14.9 Å². The lowest BCUT2D eigenvalue weighted by Gasteiger charge is -2.20. The molecule has 1 aliphatic heterocycles. The Morgan fingerprint density at radius 1 is 1.48 bits per heavy atom. The quantitative estimate of drug-likeness (QED) is 0.893. The minimum atomic E-state index is -0.947. The SMILES string of the molecule is CN1CCCC1CNc1ncnc2cc(C(=O)O)ccc12. The van der Waals surface area contributed by atoms with Gasteiger partial charge in [0.15, 0.2) is 0 Å². The Bertz CT molecular complexity index is 674. The third-order valence-corrected chi connectivity index (χ3v) is 4.06. The number of nitrogens with zero attached hydrogens (tertiary/aromatic N) is 3. The van der Waals surface area contributed by atoms with Crippen LogP contribution in [0.2, 0.25) is 0 Å². The number of aromatic carboxylic acids is 1. The molecule has 0 aliphatic carbocycles. The largest absolute Gasteiger partial charge is 0.478 e. The minimum absolute atomic E-state index is 0.239. The van der Waals surface area contributed by atoms with Crippen LogP contribution in [-0.4, -0.2) is 52.1 Å². The molecular formula is C15H18N4O2. The number of rotatable bonds is 4. The van der Waals surface area contributed by atoms with E-state index in [0.29, 0.717) is 11.6 Å². The summed E-state index contributed by atoms with van der Waals surface area (Å²) in [4.78, 5) is 21.8. The molecule has 21 heavy (non-hydrogen) atoms. The molecule has 1 aromatic heterocycles. The van der Waals surface area contributed by atoms with Crippen LogP contribution in [0.15, 0.2) is 24.5 Å². The number of benzene rings is 1. The second-order valence-electron chi connectivity index (χ2n) is 5.42. The predicted octanol–water partition coefficient (Wildman–Crippen LogP) is 1.83. The molecule has 2 aromatic rings. The molecule has 1 fully saturated rings. The lowest BCUT2D eigenvalue weighted by molar-refractivity contribution is 0.0697. The molecule has 1 aliphatic rings. The molecular weight excluding hydrogens is 268 g/mol. The Morgan fingerprint density at radius 2 is 2.33 bits per heavy atom. The molecule has 2 heterocycles. The van der Waals surface area contributed by atoms with Gasteiger partial charge in [-0.25, -0.2) is 14.8 Å². The van der Waals surface area contributed by atoms with E-state index in [1.807, 2.05) is 0 Å². The molecule has 6 heteroatoms. The van der Waals surface area contributed by atoms with Crippen LogP contribution in [-0.2, 0) is 0 Å². The molecule has 6 nitrogen and oxygen atoms in total. The summed E-state index contributed by atoms with van der Waals surface area (Å²) in [7, 11) is 2.14. The zero-order chi connectivity index (χ0) is 14.8. The highest BCUT2D eigenvalue weighted by Crippen LogP contribution is 2.22. The van der Waals surface area contributed by atoms with E-state index in [0.717, 1.165) is 24.3 Å². The average molecular weight is 286 g/mol. The van der Waals surface area contributed by atoms with Crippen LogP contribution in [0.4, 0.5) is 5.82 Å². The van der Waals surface area contributed by atoms with Crippen LogP contribution in [0.25, 0.3) is 10.9 Å². The van der Waals surface area contributed by atoms with Crippen LogP contribution < -0.4 is 5.32 Å². The first-order valence-corrected chi connectivity index (χ1v) is 7.07. The van der Waals surface area contributed by atoms with Gasteiger partial charge in [0.05, 0.1) is 11.1 Å². The molecule has 2 N–H and O–H groups in total. The van der Waals surface area contributed by atoms with E-state index < -0.39 is 5.97 Å². The molecule has 0 spiro atoms. The molecule has 1 atom stereocenters. The molecule has 110 valence electrons. The number of hydrogen-bond acceptors (Lipinski definition) is 5. The van der Waals surface area contributed by atoms with Gasteiger partial charge in [0.2, 0.25) is 0 Å². The van der Waals surface area contributed by atoms with Crippen LogP contribution in [0.3, 0.4) is 0 Å². The topological polar surface area (TPSA) is 78.3 Å². The first kappa shape index (κ1) is 13.8. The van der Waals surface area contributed by atoms with E-state index in [4.69, 9.17) is 5.11 Å². The second kappa shape index (κ2) is 5.65. The van der Waals surface area contributed by atoms with Crippen molar-refractivity contribution in [2.75, 3.05) is 25.5 Å². The fraction of sp³-hybridized carbons (Fsp3) is 0.400. The number of aromatic nitrogens is 2. The van der Waals surface area contributed by atoms with Gasteiger partial charge >= 0.3 is 5.97 Å².